The zero-order chi connectivity index (χ0) is 15.3. The summed E-state index contributed by atoms with van der Waals surface area (Å²) < 4.78 is 1.75. The molecule has 2 N–H and O–H groups in total. The zero-order valence-electron chi connectivity index (χ0n) is 11.9. The van der Waals surface area contributed by atoms with Crippen molar-refractivity contribution in [1.29, 1.82) is 5.26 Å². The molecule has 0 fully saturated rings. The fourth-order valence-corrected chi connectivity index (χ4v) is 3.96. The Morgan fingerprint density at radius 1 is 1.45 bits per heavy atom. The average molecular weight is 311 g/mol. The number of nitrogens with two attached hydrogens (primary N) is 1. The normalized spacial score (nSPS) is 14.1. The maximum absolute atomic E-state index is 9.23. The molecule has 0 amide bonds. The van der Waals surface area contributed by atoms with Gasteiger partial charge in [-0.25, -0.2) is 4.98 Å². The second-order valence-electron chi connectivity index (χ2n) is 5.25. The van der Waals surface area contributed by atoms with Gasteiger partial charge >= 0.3 is 0 Å². The van der Waals surface area contributed by atoms with Gasteiger partial charge in [0.25, 0.3) is 5.78 Å². The SMILES string of the molecule is Cc1cc(N2CCc3c(sc(N)c3C#N)C2)n2ncnc2n1. The minimum absolute atomic E-state index is 0.601. The summed E-state index contributed by atoms with van der Waals surface area (Å²) in [6, 6.07) is 4.23. The van der Waals surface area contributed by atoms with Crippen LogP contribution in [0.25, 0.3) is 5.78 Å². The van der Waals surface area contributed by atoms with Crippen molar-refractivity contribution in [2.45, 2.75) is 19.9 Å². The molecule has 4 heterocycles. The smallest absolute Gasteiger partial charge is 0.254 e. The fourth-order valence-electron chi connectivity index (χ4n) is 2.88. The zero-order valence-corrected chi connectivity index (χ0v) is 12.8. The predicted molar refractivity (Wildman–Crippen MR) is 83.7 cm³/mol. The Hall–Kier alpha value is -2.66. The lowest BCUT2D eigenvalue weighted by Gasteiger charge is -2.29. The van der Waals surface area contributed by atoms with Crippen molar-refractivity contribution in [3.8, 4) is 6.07 Å². The summed E-state index contributed by atoms with van der Waals surface area (Å²) in [5.74, 6) is 1.57. The molecule has 0 unspecified atom stereocenters. The molecule has 0 saturated carbocycles. The van der Waals surface area contributed by atoms with Gasteiger partial charge in [-0.05, 0) is 18.9 Å². The van der Waals surface area contributed by atoms with Gasteiger partial charge in [-0.2, -0.15) is 19.9 Å². The van der Waals surface area contributed by atoms with Crippen LogP contribution in [0.15, 0.2) is 12.4 Å². The molecule has 3 aromatic rings. The number of hydrogen-bond acceptors (Lipinski definition) is 7. The van der Waals surface area contributed by atoms with E-state index in [1.807, 2.05) is 13.0 Å². The molecule has 1 aliphatic heterocycles. The highest BCUT2D eigenvalue weighted by Crippen LogP contribution is 2.35. The minimum atomic E-state index is 0.601. The maximum atomic E-state index is 9.23. The average Bonchev–Trinajstić information content (AvgIpc) is 3.08. The van der Waals surface area contributed by atoms with Crippen LogP contribution in [-0.2, 0) is 13.0 Å². The molecule has 0 spiro atoms. The summed E-state index contributed by atoms with van der Waals surface area (Å²) in [5.41, 5.74) is 8.61. The molecule has 7 nitrogen and oxygen atoms in total. The Bertz CT molecular complexity index is 917. The highest BCUT2D eigenvalue weighted by Gasteiger charge is 2.25. The van der Waals surface area contributed by atoms with E-state index < -0.39 is 0 Å². The Morgan fingerprint density at radius 3 is 3.14 bits per heavy atom. The summed E-state index contributed by atoms with van der Waals surface area (Å²) in [6.45, 7) is 3.49. The highest BCUT2D eigenvalue weighted by molar-refractivity contribution is 7.16. The molecule has 110 valence electrons. The Kier molecular flexibility index (Phi) is 2.77. The van der Waals surface area contributed by atoms with E-state index in [9.17, 15) is 5.26 Å². The molecular formula is C14H13N7S. The van der Waals surface area contributed by atoms with E-state index in [2.05, 4.69) is 26.0 Å². The maximum Gasteiger partial charge on any atom is 0.254 e. The van der Waals surface area contributed by atoms with Crippen LogP contribution in [-0.4, -0.2) is 26.1 Å². The molecule has 0 aromatic carbocycles. The number of nitriles is 1. The number of thiophene rings is 1. The first-order chi connectivity index (χ1) is 10.7. The van der Waals surface area contributed by atoms with Crippen LogP contribution in [0.3, 0.4) is 0 Å². The molecule has 0 atom stereocenters. The van der Waals surface area contributed by atoms with E-state index in [4.69, 9.17) is 5.73 Å². The molecule has 0 saturated heterocycles. The topological polar surface area (TPSA) is 96.1 Å². The van der Waals surface area contributed by atoms with Crippen molar-refractivity contribution < 1.29 is 0 Å². The third-order valence-corrected chi connectivity index (χ3v) is 4.93. The van der Waals surface area contributed by atoms with Crippen LogP contribution in [0.4, 0.5) is 10.8 Å². The molecule has 8 heteroatoms. The van der Waals surface area contributed by atoms with Crippen molar-refractivity contribution >= 4 is 27.9 Å². The van der Waals surface area contributed by atoms with Crippen LogP contribution in [0.2, 0.25) is 0 Å². The van der Waals surface area contributed by atoms with Gasteiger partial charge in [-0.1, -0.05) is 0 Å². The van der Waals surface area contributed by atoms with Crippen molar-refractivity contribution in [3.05, 3.63) is 34.1 Å². The number of nitrogen functional groups attached to an aromatic ring is 1. The van der Waals surface area contributed by atoms with Crippen LogP contribution >= 0.6 is 11.3 Å². The van der Waals surface area contributed by atoms with E-state index in [0.29, 0.717) is 16.3 Å². The fraction of sp³-hybridized carbons (Fsp3) is 0.286. The molecule has 0 radical (unpaired) electrons. The molecule has 4 rings (SSSR count). The van der Waals surface area contributed by atoms with E-state index in [1.165, 1.54) is 17.7 Å². The summed E-state index contributed by atoms with van der Waals surface area (Å²) in [5, 5.41) is 14.1. The van der Waals surface area contributed by atoms with Gasteiger partial charge in [0.2, 0.25) is 0 Å². The van der Waals surface area contributed by atoms with E-state index >= 15 is 0 Å². The monoisotopic (exact) mass is 311 g/mol. The van der Waals surface area contributed by atoms with Gasteiger partial charge in [-0.15, -0.1) is 11.3 Å². The van der Waals surface area contributed by atoms with Gasteiger partial charge in [0, 0.05) is 23.2 Å². The van der Waals surface area contributed by atoms with E-state index in [-0.39, 0.29) is 0 Å². The minimum Gasteiger partial charge on any atom is -0.389 e. The van der Waals surface area contributed by atoms with Gasteiger partial charge in [-0.3, -0.25) is 0 Å². The number of hydrogen-bond donors (Lipinski definition) is 1. The number of rotatable bonds is 1. The predicted octanol–water partition coefficient (Wildman–Crippen LogP) is 1.51. The Balaban J connectivity index is 1.78. The van der Waals surface area contributed by atoms with Crippen LogP contribution in [0.5, 0.6) is 0 Å². The second kappa shape index (κ2) is 4.68. The van der Waals surface area contributed by atoms with Crippen LogP contribution < -0.4 is 10.6 Å². The second-order valence-corrected chi connectivity index (χ2v) is 6.39. The first kappa shape index (κ1) is 13.0. The van der Waals surface area contributed by atoms with Gasteiger partial charge < -0.3 is 10.6 Å². The Morgan fingerprint density at radius 2 is 2.32 bits per heavy atom. The van der Waals surface area contributed by atoms with Crippen LogP contribution in [0, 0.1) is 18.3 Å². The number of nitrogens with zero attached hydrogens (tertiary/aromatic N) is 6. The molecular weight excluding hydrogens is 298 g/mol. The summed E-state index contributed by atoms with van der Waals surface area (Å²) in [7, 11) is 0. The van der Waals surface area contributed by atoms with Gasteiger partial charge in [0.15, 0.2) is 0 Å². The first-order valence-corrected chi connectivity index (χ1v) is 7.71. The summed E-state index contributed by atoms with van der Waals surface area (Å²) >= 11 is 1.50. The summed E-state index contributed by atoms with van der Waals surface area (Å²) in [4.78, 5) is 11.9. The largest absolute Gasteiger partial charge is 0.389 e. The van der Waals surface area contributed by atoms with E-state index in [1.54, 1.807) is 4.52 Å². The highest BCUT2D eigenvalue weighted by atomic mass is 32.1. The lowest BCUT2D eigenvalue weighted by molar-refractivity contribution is 0.711. The lowest BCUT2D eigenvalue weighted by atomic mass is 10.0. The number of aryl methyl sites for hydroxylation is 1. The summed E-state index contributed by atoms with van der Waals surface area (Å²) in [6.07, 6.45) is 2.32. The third-order valence-electron chi connectivity index (χ3n) is 3.88. The van der Waals surface area contributed by atoms with Crippen molar-refractivity contribution in [1.82, 2.24) is 19.6 Å². The standard InChI is InChI=1S/C14H13N7S/c1-8-4-12(21-14(19-8)17-7-18-21)20-3-2-9-10(5-15)13(16)22-11(9)6-20/h4,7H,2-3,6,16H2,1H3. The Labute approximate surface area is 130 Å². The lowest BCUT2D eigenvalue weighted by Crippen LogP contribution is -2.31. The van der Waals surface area contributed by atoms with Gasteiger partial charge in [0.1, 0.15) is 23.2 Å². The molecule has 0 bridgehead atoms. The van der Waals surface area contributed by atoms with Crippen molar-refractivity contribution in [3.63, 3.8) is 0 Å². The van der Waals surface area contributed by atoms with Crippen molar-refractivity contribution in [2.75, 3.05) is 17.2 Å². The molecule has 0 aliphatic carbocycles. The number of aromatic nitrogens is 4. The first-order valence-electron chi connectivity index (χ1n) is 6.90. The van der Waals surface area contributed by atoms with Crippen molar-refractivity contribution in [2.24, 2.45) is 0 Å². The molecule has 1 aliphatic rings. The van der Waals surface area contributed by atoms with E-state index in [0.717, 1.165) is 41.5 Å². The number of anilines is 2. The molecule has 3 aromatic heterocycles. The van der Waals surface area contributed by atoms with Gasteiger partial charge in [0.05, 0.1) is 12.1 Å². The molecule has 22 heavy (non-hydrogen) atoms. The number of fused-ring (bicyclic) bond motifs is 2. The van der Waals surface area contributed by atoms with Crippen LogP contribution in [0.1, 0.15) is 21.7 Å². The quantitative estimate of drug-likeness (QED) is 0.732. The third kappa shape index (κ3) is 1.83.